The third-order valence-electron chi connectivity index (χ3n) is 5.26. The Balaban J connectivity index is 2.25. The van der Waals surface area contributed by atoms with Crippen molar-refractivity contribution in [2.45, 2.75) is 52.6 Å². The normalized spacial score (nSPS) is 39.2. The maximum atomic E-state index is 11.9. The third-order valence-corrected chi connectivity index (χ3v) is 5.26. The lowest BCUT2D eigenvalue weighted by atomic mass is 9.69. The van der Waals surface area contributed by atoms with Gasteiger partial charge in [-0.15, -0.1) is 0 Å². The topological polar surface area (TPSA) is 63.6 Å². The molecule has 1 unspecified atom stereocenters. The quantitative estimate of drug-likeness (QED) is 0.636. The van der Waals surface area contributed by atoms with Gasteiger partial charge in [-0.1, -0.05) is 32.4 Å². The first kappa shape index (κ1) is 15.2. The Morgan fingerprint density at radius 1 is 1.40 bits per heavy atom. The number of rotatable bonds is 3. The summed E-state index contributed by atoms with van der Waals surface area (Å²) in [5.41, 5.74) is -0.799. The third kappa shape index (κ3) is 1.93. The minimum atomic E-state index is -0.856. The summed E-state index contributed by atoms with van der Waals surface area (Å²) in [5, 5.41) is 11.0. The second-order valence-electron chi connectivity index (χ2n) is 7.20. The molecule has 4 nitrogen and oxygen atoms in total. The number of carbonyl (C=O) groups is 2. The van der Waals surface area contributed by atoms with Crippen LogP contribution in [0.5, 0.6) is 0 Å². The molecule has 1 N–H and O–H groups in total. The summed E-state index contributed by atoms with van der Waals surface area (Å²) in [6, 6.07) is 0. The number of methoxy groups -OCH3 is 1. The zero-order chi connectivity index (χ0) is 15.3. The van der Waals surface area contributed by atoms with Crippen LogP contribution < -0.4 is 0 Å². The fraction of sp³-hybridized carbons (Fsp3) is 0.750. The molecule has 2 fully saturated rings. The lowest BCUT2D eigenvalue weighted by Crippen LogP contribution is -2.43. The van der Waals surface area contributed by atoms with Gasteiger partial charge in [0, 0.05) is 29.6 Å². The highest BCUT2D eigenvalue weighted by atomic mass is 16.5. The molecule has 2 saturated carbocycles. The van der Waals surface area contributed by atoms with E-state index >= 15 is 0 Å². The second kappa shape index (κ2) is 4.42. The first-order chi connectivity index (χ1) is 9.08. The average Bonchev–Trinajstić information content (AvgIpc) is 2.77. The number of esters is 1. The van der Waals surface area contributed by atoms with Crippen LogP contribution in [0.2, 0.25) is 0 Å². The molecule has 0 heterocycles. The molecule has 2 rings (SSSR count). The number of ether oxygens (including phenoxy) is 1. The van der Waals surface area contributed by atoms with Crippen molar-refractivity contribution in [3.05, 3.63) is 11.6 Å². The molecular formula is C16H24O4. The van der Waals surface area contributed by atoms with Gasteiger partial charge in [0.1, 0.15) is 5.78 Å². The van der Waals surface area contributed by atoms with Crippen LogP contribution in [-0.4, -0.2) is 29.6 Å². The minimum Gasteiger partial charge on any atom is -0.469 e. The first-order valence-corrected chi connectivity index (χ1v) is 7.06. The Morgan fingerprint density at radius 3 is 2.55 bits per heavy atom. The Bertz CT molecular complexity index is 491. The zero-order valence-electron chi connectivity index (χ0n) is 12.9. The van der Waals surface area contributed by atoms with Gasteiger partial charge in [0.2, 0.25) is 0 Å². The molecule has 0 aromatic heterocycles. The predicted molar refractivity (Wildman–Crippen MR) is 75.0 cm³/mol. The minimum absolute atomic E-state index is 0.0684. The maximum Gasteiger partial charge on any atom is 0.309 e. The van der Waals surface area contributed by atoms with Gasteiger partial charge in [-0.05, 0) is 6.92 Å². The highest BCUT2D eigenvalue weighted by molar-refractivity contribution is 5.83. The zero-order valence-corrected chi connectivity index (χ0v) is 12.9. The second-order valence-corrected chi connectivity index (χ2v) is 7.20. The molecule has 0 saturated heterocycles. The van der Waals surface area contributed by atoms with E-state index in [1.54, 1.807) is 0 Å². The molecule has 2 aliphatic carbocycles. The van der Waals surface area contributed by atoms with Crippen molar-refractivity contribution in [1.82, 2.24) is 0 Å². The molecule has 0 amide bonds. The van der Waals surface area contributed by atoms with Gasteiger partial charge in [-0.3, -0.25) is 9.59 Å². The van der Waals surface area contributed by atoms with Gasteiger partial charge in [-0.2, -0.15) is 0 Å². The van der Waals surface area contributed by atoms with E-state index in [0.29, 0.717) is 12.8 Å². The molecule has 0 aromatic rings. The molecule has 112 valence electrons. The molecule has 0 radical (unpaired) electrons. The van der Waals surface area contributed by atoms with Gasteiger partial charge in [0.15, 0.2) is 0 Å². The summed E-state index contributed by atoms with van der Waals surface area (Å²) in [7, 11) is 1.36. The van der Waals surface area contributed by atoms with Crippen molar-refractivity contribution in [2.24, 2.45) is 16.7 Å². The predicted octanol–water partition coefficient (Wildman–Crippen LogP) is 2.25. The fourth-order valence-electron chi connectivity index (χ4n) is 4.18. The van der Waals surface area contributed by atoms with Gasteiger partial charge in [0.05, 0.1) is 19.1 Å². The highest BCUT2D eigenvalue weighted by Gasteiger charge is 2.79. The number of hydrogen-bond donors (Lipinski definition) is 1. The number of hydrogen-bond acceptors (Lipinski definition) is 4. The number of Topliss-reactive ketones (excluding diaryl/α,β-unsaturated/α-hetero) is 1. The van der Waals surface area contributed by atoms with E-state index in [2.05, 4.69) is 4.74 Å². The van der Waals surface area contributed by atoms with E-state index < -0.39 is 16.4 Å². The number of aliphatic hydroxyl groups is 1. The number of carbonyl (C=O) groups excluding carboxylic acids is 2. The molecular weight excluding hydrogens is 256 g/mol. The van der Waals surface area contributed by atoms with Gasteiger partial charge in [0.25, 0.3) is 0 Å². The Hall–Kier alpha value is -1.16. The molecule has 2 aliphatic rings. The van der Waals surface area contributed by atoms with Crippen molar-refractivity contribution < 1.29 is 19.4 Å². The van der Waals surface area contributed by atoms with Crippen LogP contribution in [-0.2, 0) is 14.3 Å². The molecule has 3 atom stereocenters. The summed E-state index contributed by atoms with van der Waals surface area (Å²) >= 11 is 0. The molecule has 4 heteroatoms. The fourth-order valence-corrected chi connectivity index (χ4v) is 4.18. The van der Waals surface area contributed by atoms with Crippen LogP contribution >= 0.6 is 0 Å². The summed E-state index contributed by atoms with van der Waals surface area (Å²) in [6.07, 6.45) is 3.02. The Kier molecular flexibility index (Phi) is 3.36. The largest absolute Gasteiger partial charge is 0.469 e. The first-order valence-electron chi connectivity index (χ1n) is 7.06. The van der Waals surface area contributed by atoms with E-state index in [9.17, 15) is 14.7 Å². The van der Waals surface area contributed by atoms with Crippen LogP contribution in [0.25, 0.3) is 0 Å². The summed E-state index contributed by atoms with van der Waals surface area (Å²) in [4.78, 5) is 23.2. The molecule has 20 heavy (non-hydrogen) atoms. The monoisotopic (exact) mass is 280 g/mol. The SMILES string of the molecule is COC(=O)C/C(C)=C/C1[C@@]2(C)CC(=O)CC(C)(C)[C@@]12O. The van der Waals surface area contributed by atoms with E-state index in [0.717, 1.165) is 5.57 Å². The van der Waals surface area contributed by atoms with Crippen LogP contribution in [0, 0.1) is 16.7 Å². The van der Waals surface area contributed by atoms with Crippen LogP contribution in [0.1, 0.15) is 47.0 Å². The van der Waals surface area contributed by atoms with E-state index in [4.69, 9.17) is 0 Å². The standard InChI is InChI=1S/C16H24O4/c1-10(7-13(18)20-5)6-12-15(4)9-11(17)8-14(2,3)16(12,15)19/h6,12,19H,7-9H2,1-5H3/b10-6+/t12?,15-,16+/m1/s1. The van der Waals surface area contributed by atoms with Crippen LogP contribution in [0.3, 0.4) is 0 Å². The summed E-state index contributed by atoms with van der Waals surface area (Å²) in [5.74, 6) is -0.139. The lowest BCUT2D eigenvalue weighted by molar-refractivity contribution is -0.139. The van der Waals surface area contributed by atoms with Crippen molar-refractivity contribution in [3.63, 3.8) is 0 Å². The van der Waals surface area contributed by atoms with Crippen LogP contribution in [0.15, 0.2) is 11.6 Å². The summed E-state index contributed by atoms with van der Waals surface area (Å²) in [6.45, 7) is 7.73. The van der Waals surface area contributed by atoms with E-state index in [-0.39, 0.29) is 24.1 Å². The lowest BCUT2D eigenvalue weighted by Gasteiger charge is -2.38. The number of fused-ring (bicyclic) bond motifs is 1. The highest BCUT2D eigenvalue weighted by Crippen LogP contribution is 2.74. The molecule has 0 spiro atoms. The summed E-state index contributed by atoms with van der Waals surface area (Å²) < 4.78 is 4.65. The molecule has 0 aliphatic heterocycles. The van der Waals surface area contributed by atoms with E-state index in [1.165, 1.54) is 7.11 Å². The Morgan fingerprint density at radius 2 is 2.00 bits per heavy atom. The van der Waals surface area contributed by atoms with Gasteiger partial charge < -0.3 is 9.84 Å². The number of ketones is 1. The van der Waals surface area contributed by atoms with Gasteiger partial charge in [-0.25, -0.2) is 0 Å². The van der Waals surface area contributed by atoms with Gasteiger partial charge >= 0.3 is 5.97 Å². The Labute approximate surface area is 120 Å². The van der Waals surface area contributed by atoms with Crippen molar-refractivity contribution in [1.29, 1.82) is 0 Å². The van der Waals surface area contributed by atoms with Crippen LogP contribution in [0.4, 0.5) is 0 Å². The van der Waals surface area contributed by atoms with E-state index in [1.807, 2.05) is 33.8 Å². The molecule has 0 aromatic carbocycles. The van der Waals surface area contributed by atoms with Crippen molar-refractivity contribution in [2.75, 3.05) is 7.11 Å². The smallest absolute Gasteiger partial charge is 0.309 e. The maximum absolute atomic E-state index is 11.9. The average molecular weight is 280 g/mol. The molecule has 0 bridgehead atoms. The van der Waals surface area contributed by atoms with Crippen molar-refractivity contribution in [3.8, 4) is 0 Å². The van der Waals surface area contributed by atoms with Crippen molar-refractivity contribution >= 4 is 11.8 Å².